The number of hydrogen-bond acceptors (Lipinski definition) is 3. The Morgan fingerprint density at radius 2 is 2.14 bits per heavy atom. The van der Waals surface area contributed by atoms with E-state index in [-0.39, 0.29) is 24.0 Å². The van der Waals surface area contributed by atoms with Gasteiger partial charge in [-0.3, -0.25) is 4.99 Å². The highest BCUT2D eigenvalue weighted by molar-refractivity contribution is 14.0. The fourth-order valence-electron chi connectivity index (χ4n) is 1.59. The van der Waals surface area contributed by atoms with Gasteiger partial charge in [-0.15, -0.1) is 24.0 Å². The minimum atomic E-state index is 0. The van der Waals surface area contributed by atoms with E-state index in [1.54, 1.807) is 13.2 Å². The first-order chi connectivity index (χ1) is 9.67. The molecule has 21 heavy (non-hydrogen) atoms. The van der Waals surface area contributed by atoms with Crippen LogP contribution >= 0.6 is 24.0 Å². The quantitative estimate of drug-likeness (QED) is 0.416. The topological polar surface area (TPSA) is 58.5 Å². The van der Waals surface area contributed by atoms with Crippen molar-refractivity contribution in [3.05, 3.63) is 23.9 Å². The molecule has 1 aromatic heterocycles. The van der Waals surface area contributed by atoms with Gasteiger partial charge < -0.3 is 15.4 Å². The summed E-state index contributed by atoms with van der Waals surface area (Å²) >= 11 is 0. The molecule has 0 amide bonds. The van der Waals surface area contributed by atoms with Crippen molar-refractivity contribution in [3.8, 4) is 5.88 Å². The summed E-state index contributed by atoms with van der Waals surface area (Å²) in [5, 5.41) is 6.56. The minimum Gasteiger partial charge on any atom is -0.477 e. The lowest BCUT2D eigenvalue weighted by Crippen LogP contribution is -2.38. The molecule has 0 bridgehead atoms. The highest BCUT2D eigenvalue weighted by Gasteiger charge is 2.05. The third-order valence-electron chi connectivity index (χ3n) is 2.64. The van der Waals surface area contributed by atoms with Crippen LogP contribution in [-0.2, 0) is 6.54 Å². The summed E-state index contributed by atoms with van der Waals surface area (Å²) in [6.07, 6.45) is 2.72. The number of hydrogen-bond donors (Lipinski definition) is 2. The van der Waals surface area contributed by atoms with Gasteiger partial charge in [-0.2, -0.15) is 0 Å². The van der Waals surface area contributed by atoms with Gasteiger partial charge in [0.1, 0.15) is 0 Å². The second-order valence-electron chi connectivity index (χ2n) is 5.02. The molecule has 0 spiro atoms. The second kappa shape index (κ2) is 11.6. The number of nitrogens with zero attached hydrogens (tertiary/aromatic N) is 2. The summed E-state index contributed by atoms with van der Waals surface area (Å²) in [6.45, 7) is 8.63. The smallest absolute Gasteiger partial charge is 0.218 e. The van der Waals surface area contributed by atoms with Gasteiger partial charge in [0.15, 0.2) is 5.96 Å². The van der Waals surface area contributed by atoms with Crippen molar-refractivity contribution in [2.24, 2.45) is 10.9 Å². The van der Waals surface area contributed by atoms with Crippen LogP contribution in [0, 0.1) is 5.92 Å². The summed E-state index contributed by atoms with van der Waals surface area (Å²) < 4.78 is 5.64. The first-order valence-corrected chi connectivity index (χ1v) is 7.18. The van der Waals surface area contributed by atoms with E-state index < -0.39 is 0 Å². The van der Waals surface area contributed by atoms with Crippen molar-refractivity contribution in [2.45, 2.75) is 33.7 Å². The SMILES string of the molecule is CCCOc1ncccc1CNC(=NC)NCC(C)C.I. The lowest BCUT2D eigenvalue weighted by Gasteiger charge is -2.14. The fourth-order valence-corrected chi connectivity index (χ4v) is 1.59. The Kier molecular flexibility index (Phi) is 11.0. The van der Waals surface area contributed by atoms with Crippen LogP contribution in [0.1, 0.15) is 32.8 Å². The molecular weight excluding hydrogens is 379 g/mol. The largest absolute Gasteiger partial charge is 0.477 e. The van der Waals surface area contributed by atoms with Crippen LogP contribution in [0.3, 0.4) is 0 Å². The molecule has 1 rings (SSSR count). The summed E-state index contributed by atoms with van der Waals surface area (Å²) in [5.74, 6) is 2.07. The van der Waals surface area contributed by atoms with Crippen molar-refractivity contribution in [2.75, 3.05) is 20.2 Å². The number of guanidine groups is 1. The molecule has 1 aromatic rings. The third kappa shape index (κ3) is 8.08. The predicted molar refractivity (Wildman–Crippen MR) is 98.5 cm³/mol. The number of pyridine rings is 1. The van der Waals surface area contributed by atoms with Crippen molar-refractivity contribution in [1.29, 1.82) is 0 Å². The van der Waals surface area contributed by atoms with Crippen LogP contribution in [0.5, 0.6) is 5.88 Å². The van der Waals surface area contributed by atoms with Crippen LogP contribution in [0.15, 0.2) is 23.3 Å². The average molecular weight is 406 g/mol. The van der Waals surface area contributed by atoms with Gasteiger partial charge in [0.2, 0.25) is 5.88 Å². The van der Waals surface area contributed by atoms with Gasteiger partial charge in [0, 0.05) is 31.9 Å². The second-order valence-corrected chi connectivity index (χ2v) is 5.02. The molecule has 0 fully saturated rings. The number of aromatic nitrogens is 1. The molecule has 5 nitrogen and oxygen atoms in total. The zero-order valence-corrected chi connectivity index (χ0v) is 15.7. The summed E-state index contributed by atoms with van der Waals surface area (Å²) in [4.78, 5) is 8.47. The highest BCUT2D eigenvalue weighted by Crippen LogP contribution is 2.14. The zero-order valence-electron chi connectivity index (χ0n) is 13.3. The molecule has 1 heterocycles. The molecule has 6 heteroatoms. The van der Waals surface area contributed by atoms with Gasteiger partial charge in [0.25, 0.3) is 0 Å². The van der Waals surface area contributed by atoms with E-state index in [0.29, 0.717) is 24.9 Å². The molecule has 0 saturated heterocycles. The highest BCUT2D eigenvalue weighted by atomic mass is 127. The third-order valence-corrected chi connectivity index (χ3v) is 2.64. The van der Waals surface area contributed by atoms with Gasteiger partial charge in [0.05, 0.1) is 6.61 Å². The maximum absolute atomic E-state index is 5.64. The first kappa shape index (κ1) is 19.9. The zero-order chi connectivity index (χ0) is 14.8. The molecule has 0 aromatic carbocycles. The first-order valence-electron chi connectivity index (χ1n) is 7.18. The lowest BCUT2D eigenvalue weighted by molar-refractivity contribution is 0.301. The molecular formula is C15H27IN4O. The van der Waals surface area contributed by atoms with Crippen LogP contribution < -0.4 is 15.4 Å². The maximum atomic E-state index is 5.64. The van der Waals surface area contributed by atoms with E-state index >= 15 is 0 Å². The Hall–Kier alpha value is -1.05. The van der Waals surface area contributed by atoms with Crippen LogP contribution in [-0.4, -0.2) is 31.1 Å². The summed E-state index contributed by atoms with van der Waals surface area (Å²) in [6, 6.07) is 3.93. The monoisotopic (exact) mass is 406 g/mol. The minimum absolute atomic E-state index is 0. The Labute approximate surface area is 145 Å². The molecule has 0 aliphatic rings. The Morgan fingerprint density at radius 1 is 1.38 bits per heavy atom. The van der Waals surface area contributed by atoms with E-state index in [1.165, 1.54) is 0 Å². The van der Waals surface area contributed by atoms with E-state index in [1.807, 2.05) is 12.1 Å². The molecule has 0 aliphatic heterocycles. The van der Waals surface area contributed by atoms with E-state index in [0.717, 1.165) is 24.5 Å². The van der Waals surface area contributed by atoms with E-state index in [9.17, 15) is 0 Å². The van der Waals surface area contributed by atoms with Gasteiger partial charge >= 0.3 is 0 Å². The Balaban J connectivity index is 0.00000400. The number of halogens is 1. The van der Waals surface area contributed by atoms with Crippen molar-refractivity contribution in [3.63, 3.8) is 0 Å². The van der Waals surface area contributed by atoms with Gasteiger partial charge in [-0.1, -0.05) is 26.8 Å². The van der Waals surface area contributed by atoms with Crippen LogP contribution in [0.4, 0.5) is 0 Å². The molecule has 0 aliphatic carbocycles. The number of rotatable bonds is 7. The predicted octanol–water partition coefficient (Wildman–Crippen LogP) is 2.81. The standard InChI is InChI=1S/C15H26N4O.HI/c1-5-9-20-14-13(7-6-8-17-14)11-19-15(16-4)18-10-12(2)3;/h6-8,12H,5,9-11H2,1-4H3,(H2,16,18,19);1H. The molecule has 2 N–H and O–H groups in total. The van der Waals surface area contributed by atoms with Gasteiger partial charge in [-0.05, 0) is 18.4 Å². The maximum Gasteiger partial charge on any atom is 0.218 e. The fraction of sp³-hybridized carbons (Fsp3) is 0.600. The number of aliphatic imine (C=N–C) groups is 1. The van der Waals surface area contributed by atoms with Crippen molar-refractivity contribution in [1.82, 2.24) is 15.6 Å². The van der Waals surface area contributed by atoms with Crippen molar-refractivity contribution < 1.29 is 4.74 Å². The lowest BCUT2D eigenvalue weighted by atomic mass is 10.2. The molecule has 0 unspecified atom stereocenters. The van der Waals surface area contributed by atoms with Crippen LogP contribution in [0.25, 0.3) is 0 Å². The average Bonchev–Trinajstić information content (AvgIpc) is 2.46. The molecule has 120 valence electrons. The molecule has 0 saturated carbocycles. The molecule has 0 atom stereocenters. The van der Waals surface area contributed by atoms with Crippen LogP contribution in [0.2, 0.25) is 0 Å². The normalized spacial score (nSPS) is 11.0. The van der Waals surface area contributed by atoms with E-state index in [2.05, 4.69) is 41.4 Å². The number of ether oxygens (including phenoxy) is 1. The van der Waals surface area contributed by atoms with Gasteiger partial charge in [-0.25, -0.2) is 4.98 Å². The molecule has 0 radical (unpaired) electrons. The van der Waals surface area contributed by atoms with E-state index in [4.69, 9.17) is 4.74 Å². The van der Waals surface area contributed by atoms with Crippen molar-refractivity contribution >= 4 is 29.9 Å². The Bertz CT molecular complexity index is 424. The Morgan fingerprint density at radius 3 is 2.76 bits per heavy atom. The summed E-state index contributed by atoms with van der Waals surface area (Å²) in [7, 11) is 1.77. The summed E-state index contributed by atoms with van der Waals surface area (Å²) in [5.41, 5.74) is 1.04. The number of nitrogens with one attached hydrogen (secondary N) is 2.